The highest BCUT2D eigenvalue weighted by atomic mass is 16.5. The standard InChI is InChI=1S/C13H14N6O3/c1-14-12(20)10-11-16-17-19(13(21)18(11)7-15-10)8-3-5-9(22-2)6-4-8/h3-7,16-17H,1-2H3,(H,14,20). The number of benzene rings is 1. The van der Waals surface area contributed by atoms with Crippen molar-refractivity contribution in [2.24, 2.45) is 0 Å². The molecule has 9 nitrogen and oxygen atoms in total. The van der Waals surface area contributed by atoms with E-state index in [0.29, 0.717) is 11.4 Å². The molecule has 0 fully saturated rings. The number of anilines is 2. The lowest BCUT2D eigenvalue weighted by Gasteiger charge is -2.29. The molecule has 0 atom stereocenters. The summed E-state index contributed by atoms with van der Waals surface area (Å²) in [4.78, 5) is 28.1. The summed E-state index contributed by atoms with van der Waals surface area (Å²) in [6.07, 6.45) is 1.30. The molecule has 1 aromatic heterocycles. The minimum atomic E-state index is -0.387. The highest BCUT2D eigenvalue weighted by molar-refractivity contribution is 6.02. The van der Waals surface area contributed by atoms with Crippen LogP contribution >= 0.6 is 0 Å². The number of nitrogens with zero attached hydrogens (tertiary/aromatic N) is 3. The van der Waals surface area contributed by atoms with Crippen molar-refractivity contribution in [3.63, 3.8) is 0 Å². The maximum absolute atomic E-state index is 12.5. The molecule has 0 aliphatic carbocycles. The van der Waals surface area contributed by atoms with Gasteiger partial charge in [-0.2, -0.15) is 0 Å². The molecule has 0 bridgehead atoms. The van der Waals surface area contributed by atoms with Crippen LogP contribution < -0.4 is 26.0 Å². The molecule has 3 N–H and O–H groups in total. The van der Waals surface area contributed by atoms with E-state index < -0.39 is 0 Å². The van der Waals surface area contributed by atoms with E-state index in [9.17, 15) is 9.59 Å². The third-order valence-corrected chi connectivity index (χ3v) is 3.22. The summed E-state index contributed by atoms with van der Waals surface area (Å²) < 4.78 is 6.34. The smallest absolute Gasteiger partial charge is 0.351 e. The first-order valence-corrected chi connectivity index (χ1v) is 6.45. The third-order valence-electron chi connectivity index (χ3n) is 3.22. The second kappa shape index (κ2) is 5.37. The Hall–Kier alpha value is -3.07. The van der Waals surface area contributed by atoms with Crippen molar-refractivity contribution < 1.29 is 14.3 Å². The van der Waals surface area contributed by atoms with Gasteiger partial charge >= 0.3 is 6.03 Å². The zero-order valence-electron chi connectivity index (χ0n) is 12.0. The molecule has 0 unspecified atom stereocenters. The molecule has 114 valence electrons. The van der Waals surface area contributed by atoms with Gasteiger partial charge in [-0.15, -0.1) is 5.53 Å². The Kier molecular flexibility index (Phi) is 3.39. The quantitative estimate of drug-likeness (QED) is 0.766. The van der Waals surface area contributed by atoms with Crippen molar-refractivity contribution in [1.29, 1.82) is 0 Å². The molecule has 22 heavy (non-hydrogen) atoms. The molecule has 3 rings (SSSR count). The lowest BCUT2D eigenvalue weighted by Crippen LogP contribution is -2.53. The van der Waals surface area contributed by atoms with Crippen LogP contribution in [0.25, 0.3) is 0 Å². The number of carbonyl (C=O) groups is 2. The zero-order chi connectivity index (χ0) is 15.7. The van der Waals surface area contributed by atoms with Crippen LogP contribution in [0, 0.1) is 0 Å². The van der Waals surface area contributed by atoms with Gasteiger partial charge in [0.15, 0.2) is 11.5 Å². The predicted octanol–water partition coefficient (Wildman–Crippen LogP) is 0.571. The molecule has 1 aliphatic rings. The third kappa shape index (κ3) is 2.13. The number of hydrogen-bond donors (Lipinski definition) is 3. The molecule has 0 saturated heterocycles. The second-order valence-electron chi connectivity index (χ2n) is 4.44. The van der Waals surface area contributed by atoms with Gasteiger partial charge in [-0.1, -0.05) is 0 Å². The molecule has 2 aromatic rings. The Morgan fingerprint density at radius 3 is 2.68 bits per heavy atom. The Morgan fingerprint density at radius 1 is 1.32 bits per heavy atom. The average molecular weight is 302 g/mol. The molecule has 0 spiro atoms. The Balaban J connectivity index is 1.91. The van der Waals surface area contributed by atoms with Crippen LogP contribution in [0.1, 0.15) is 10.5 Å². The van der Waals surface area contributed by atoms with Crippen LogP contribution in [0.15, 0.2) is 30.6 Å². The molecule has 1 aromatic carbocycles. The van der Waals surface area contributed by atoms with Crippen LogP contribution in [-0.4, -0.2) is 35.6 Å². The highest BCUT2D eigenvalue weighted by Gasteiger charge is 2.29. The van der Waals surface area contributed by atoms with Crippen molar-refractivity contribution in [1.82, 2.24) is 20.4 Å². The maximum Gasteiger partial charge on any atom is 0.351 e. The largest absolute Gasteiger partial charge is 0.497 e. The van der Waals surface area contributed by atoms with E-state index in [4.69, 9.17) is 4.74 Å². The first-order chi connectivity index (χ1) is 10.7. The van der Waals surface area contributed by atoms with Crippen LogP contribution in [0.3, 0.4) is 0 Å². The van der Waals surface area contributed by atoms with Crippen molar-refractivity contribution in [3.05, 3.63) is 36.3 Å². The van der Waals surface area contributed by atoms with Gasteiger partial charge < -0.3 is 10.1 Å². The lowest BCUT2D eigenvalue weighted by atomic mass is 10.3. The zero-order valence-corrected chi connectivity index (χ0v) is 12.0. The van der Waals surface area contributed by atoms with Gasteiger partial charge in [0.2, 0.25) is 0 Å². The SMILES string of the molecule is CNC(=O)c1ncn2c1NNN(c1ccc(OC)cc1)C2=O. The minimum Gasteiger partial charge on any atom is -0.497 e. The fourth-order valence-corrected chi connectivity index (χ4v) is 2.07. The van der Waals surface area contributed by atoms with Crippen molar-refractivity contribution in [3.8, 4) is 5.75 Å². The normalized spacial score (nSPS) is 13.4. The van der Waals surface area contributed by atoms with Crippen LogP contribution in [0.5, 0.6) is 5.75 Å². The van der Waals surface area contributed by atoms with E-state index in [1.807, 2.05) is 0 Å². The summed E-state index contributed by atoms with van der Waals surface area (Å²) in [5.74, 6) is 0.592. The molecule has 0 saturated carbocycles. The van der Waals surface area contributed by atoms with Gasteiger partial charge in [-0.3, -0.25) is 10.2 Å². The van der Waals surface area contributed by atoms with Gasteiger partial charge in [0.25, 0.3) is 5.91 Å². The highest BCUT2D eigenvalue weighted by Crippen LogP contribution is 2.23. The number of fused-ring (bicyclic) bond motifs is 1. The number of nitrogens with one attached hydrogen (secondary N) is 3. The van der Waals surface area contributed by atoms with Crippen molar-refractivity contribution in [2.75, 3.05) is 24.6 Å². The Labute approximate surface area is 125 Å². The molecule has 2 heterocycles. The number of hydrazine groups is 2. The number of aromatic nitrogens is 2. The van der Waals surface area contributed by atoms with Crippen molar-refractivity contribution >= 4 is 23.4 Å². The Morgan fingerprint density at radius 2 is 2.05 bits per heavy atom. The Bertz CT molecular complexity index is 724. The molecular weight excluding hydrogens is 288 g/mol. The fraction of sp³-hybridized carbons (Fsp3) is 0.154. The first kappa shape index (κ1) is 13.9. The van der Waals surface area contributed by atoms with Gasteiger partial charge in [0.1, 0.15) is 12.1 Å². The summed E-state index contributed by atoms with van der Waals surface area (Å²) in [5.41, 5.74) is 6.28. The van der Waals surface area contributed by atoms with Crippen LogP contribution in [0.4, 0.5) is 16.3 Å². The van der Waals surface area contributed by atoms with Gasteiger partial charge in [0, 0.05) is 7.05 Å². The van der Waals surface area contributed by atoms with E-state index in [1.165, 1.54) is 23.0 Å². The van der Waals surface area contributed by atoms with E-state index in [1.54, 1.807) is 31.4 Å². The number of amides is 2. The average Bonchev–Trinajstić information content (AvgIpc) is 2.99. The second-order valence-corrected chi connectivity index (χ2v) is 4.44. The predicted molar refractivity (Wildman–Crippen MR) is 78.6 cm³/mol. The van der Waals surface area contributed by atoms with E-state index >= 15 is 0 Å². The van der Waals surface area contributed by atoms with Gasteiger partial charge in [0.05, 0.1) is 12.8 Å². The van der Waals surface area contributed by atoms with E-state index in [-0.39, 0.29) is 23.5 Å². The number of imidazole rings is 1. The molecule has 2 amide bonds. The molecular formula is C13H14N6O3. The number of carbonyl (C=O) groups excluding carboxylic acids is 2. The van der Waals surface area contributed by atoms with Crippen LogP contribution in [0.2, 0.25) is 0 Å². The summed E-state index contributed by atoms with van der Waals surface area (Å²) in [5, 5.41) is 3.76. The fourth-order valence-electron chi connectivity index (χ4n) is 2.07. The number of methoxy groups -OCH3 is 1. The summed E-state index contributed by atoms with van der Waals surface area (Å²) >= 11 is 0. The summed E-state index contributed by atoms with van der Waals surface area (Å²) in [7, 11) is 3.06. The topological polar surface area (TPSA) is 101 Å². The number of hydrogen-bond acceptors (Lipinski definition) is 6. The van der Waals surface area contributed by atoms with Crippen molar-refractivity contribution in [2.45, 2.75) is 0 Å². The van der Waals surface area contributed by atoms with Gasteiger partial charge in [-0.25, -0.2) is 19.4 Å². The maximum atomic E-state index is 12.5. The van der Waals surface area contributed by atoms with Crippen LogP contribution in [-0.2, 0) is 0 Å². The molecule has 0 radical (unpaired) electrons. The summed E-state index contributed by atoms with van der Waals surface area (Å²) in [6, 6.07) is 6.55. The number of rotatable bonds is 3. The minimum absolute atomic E-state index is 0.137. The van der Waals surface area contributed by atoms with Gasteiger partial charge in [-0.05, 0) is 24.3 Å². The monoisotopic (exact) mass is 302 g/mol. The van der Waals surface area contributed by atoms with E-state index in [0.717, 1.165) is 0 Å². The summed E-state index contributed by atoms with van der Waals surface area (Å²) in [6.45, 7) is 0. The lowest BCUT2D eigenvalue weighted by molar-refractivity contribution is 0.0959. The molecule has 9 heteroatoms. The molecule has 1 aliphatic heterocycles. The van der Waals surface area contributed by atoms with E-state index in [2.05, 4.69) is 21.3 Å². The number of ether oxygens (including phenoxy) is 1. The first-order valence-electron chi connectivity index (χ1n) is 6.45.